The van der Waals surface area contributed by atoms with Gasteiger partial charge in [0.2, 0.25) is 0 Å². The lowest BCUT2D eigenvalue weighted by Crippen LogP contribution is -2.42. The first-order chi connectivity index (χ1) is 13.5. The summed E-state index contributed by atoms with van der Waals surface area (Å²) in [6.07, 6.45) is 6.35. The van der Waals surface area contributed by atoms with Crippen LogP contribution in [0.3, 0.4) is 0 Å². The summed E-state index contributed by atoms with van der Waals surface area (Å²) in [5, 5.41) is 9.83. The molecule has 10 heteroatoms. The SMILES string of the molecule is Cc1c(C(=O)N2CC3CC2CCC3NC(=O)c2cc(Br)[nH]n2)sc2nccn12. The summed E-state index contributed by atoms with van der Waals surface area (Å²) in [6.45, 7) is 2.64. The minimum absolute atomic E-state index is 0.0683. The quantitative estimate of drug-likeness (QED) is 0.625. The predicted octanol–water partition coefficient (Wildman–Crippen LogP) is 2.61. The van der Waals surface area contributed by atoms with E-state index in [-0.39, 0.29) is 29.8 Å². The molecule has 4 heterocycles. The number of hydrogen-bond donors (Lipinski definition) is 2. The first-order valence-corrected chi connectivity index (χ1v) is 10.9. The number of halogens is 1. The number of nitrogens with zero attached hydrogens (tertiary/aromatic N) is 4. The summed E-state index contributed by atoms with van der Waals surface area (Å²) in [5.41, 5.74) is 1.32. The number of carbonyl (C=O) groups excluding carboxylic acids is 2. The maximum Gasteiger partial charge on any atom is 0.272 e. The van der Waals surface area contributed by atoms with Crippen molar-refractivity contribution in [2.24, 2.45) is 5.92 Å². The molecule has 0 radical (unpaired) electrons. The zero-order valence-corrected chi connectivity index (χ0v) is 17.6. The number of carbonyl (C=O) groups is 2. The van der Waals surface area contributed by atoms with Crippen LogP contribution < -0.4 is 5.32 Å². The van der Waals surface area contributed by atoms with Gasteiger partial charge in [-0.1, -0.05) is 11.3 Å². The highest BCUT2D eigenvalue weighted by atomic mass is 79.9. The van der Waals surface area contributed by atoms with Crippen molar-refractivity contribution >= 4 is 44.0 Å². The average Bonchev–Trinajstić information content (AvgIpc) is 3.43. The molecule has 0 spiro atoms. The molecule has 3 atom stereocenters. The minimum Gasteiger partial charge on any atom is -0.348 e. The van der Waals surface area contributed by atoms with Gasteiger partial charge >= 0.3 is 0 Å². The Morgan fingerprint density at radius 3 is 3.00 bits per heavy atom. The van der Waals surface area contributed by atoms with Gasteiger partial charge in [-0.25, -0.2) is 4.98 Å². The number of imidazole rings is 1. The van der Waals surface area contributed by atoms with E-state index in [1.165, 1.54) is 11.3 Å². The topological polar surface area (TPSA) is 95.4 Å². The van der Waals surface area contributed by atoms with Gasteiger partial charge in [0.25, 0.3) is 11.8 Å². The number of aromatic nitrogens is 4. The maximum atomic E-state index is 13.2. The number of rotatable bonds is 3. The van der Waals surface area contributed by atoms with E-state index in [0.29, 0.717) is 16.8 Å². The summed E-state index contributed by atoms with van der Waals surface area (Å²) in [5.74, 6) is 0.188. The van der Waals surface area contributed by atoms with Crippen LogP contribution in [0, 0.1) is 12.8 Å². The lowest BCUT2D eigenvalue weighted by molar-refractivity contribution is 0.0736. The summed E-state index contributed by atoms with van der Waals surface area (Å²) in [7, 11) is 0. The van der Waals surface area contributed by atoms with Gasteiger partial charge in [0, 0.05) is 42.8 Å². The number of aromatic amines is 1. The first kappa shape index (κ1) is 17.9. The van der Waals surface area contributed by atoms with E-state index in [4.69, 9.17) is 0 Å². The van der Waals surface area contributed by atoms with E-state index < -0.39 is 0 Å². The molecule has 2 amide bonds. The number of amides is 2. The van der Waals surface area contributed by atoms with Crippen molar-refractivity contribution < 1.29 is 9.59 Å². The van der Waals surface area contributed by atoms with E-state index in [0.717, 1.165) is 34.8 Å². The number of fused-ring (bicyclic) bond motifs is 3. The molecule has 146 valence electrons. The molecule has 1 saturated carbocycles. The molecule has 1 saturated heterocycles. The smallest absolute Gasteiger partial charge is 0.272 e. The third-order valence-corrected chi connectivity index (χ3v) is 7.43. The van der Waals surface area contributed by atoms with Crippen molar-refractivity contribution in [2.45, 2.75) is 38.3 Å². The second-order valence-corrected chi connectivity index (χ2v) is 9.29. The van der Waals surface area contributed by atoms with Crippen LogP contribution in [0.15, 0.2) is 23.1 Å². The fourth-order valence-electron chi connectivity index (χ4n) is 4.45. The Labute approximate surface area is 173 Å². The highest BCUT2D eigenvalue weighted by Gasteiger charge is 2.44. The highest BCUT2D eigenvalue weighted by molar-refractivity contribution is 9.10. The van der Waals surface area contributed by atoms with Gasteiger partial charge in [-0.15, -0.1) is 0 Å². The largest absolute Gasteiger partial charge is 0.348 e. The monoisotopic (exact) mass is 462 g/mol. The molecule has 2 aliphatic rings. The third-order valence-electron chi connectivity index (χ3n) is 5.87. The molecule has 2 bridgehead atoms. The number of nitrogens with one attached hydrogen (secondary N) is 2. The van der Waals surface area contributed by atoms with Gasteiger partial charge in [-0.3, -0.25) is 19.1 Å². The number of likely N-dealkylation sites (tertiary alicyclic amines) is 1. The Kier molecular flexibility index (Phi) is 4.27. The minimum atomic E-state index is -0.175. The average molecular weight is 463 g/mol. The van der Waals surface area contributed by atoms with Gasteiger partial charge in [0.15, 0.2) is 10.7 Å². The van der Waals surface area contributed by atoms with Gasteiger partial charge in [0.1, 0.15) is 9.48 Å². The zero-order valence-electron chi connectivity index (χ0n) is 15.2. The molecular formula is C18H19BrN6O2S. The Morgan fingerprint density at radius 2 is 2.25 bits per heavy atom. The van der Waals surface area contributed by atoms with Crippen LogP contribution in [0.1, 0.15) is 45.1 Å². The van der Waals surface area contributed by atoms with Crippen molar-refractivity contribution in [3.05, 3.63) is 39.3 Å². The number of thiazole rings is 1. The molecular weight excluding hydrogens is 444 g/mol. The highest BCUT2D eigenvalue weighted by Crippen LogP contribution is 2.38. The fraction of sp³-hybridized carbons (Fsp3) is 0.444. The van der Waals surface area contributed by atoms with E-state index in [1.54, 1.807) is 12.3 Å². The van der Waals surface area contributed by atoms with Gasteiger partial charge in [-0.05, 0) is 48.0 Å². The summed E-state index contributed by atoms with van der Waals surface area (Å²) >= 11 is 4.72. The number of aryl methyl sites for hydroxylation is 1. The molecule has 5 rings (SSSR count). The lowest BCUT2D eigenvalue weighted by atomic mass is 9.85. The number of H-pyrrole nitrogens is 1. The maximum absolute atomic E-state index is 13.2. The molecule has 28 heavy (non-hydrogen) atoms. The summed E-state index contributed by atoms with van der Waals surface area (Å²) < 4.78 is 2.64. The molecule has 3 aromatic rings. The van der Waals surface area contributed by atoms with Crippen molar-refractivity contribution in [2.75, 3.05) is 6.54 Å². The van der Waals surface area contributed by atoms with Gasteiger partial charge in [-0.2, -0.15) is 5.10 Å². The molecule has 8 nitrogen and oxygen atoms in total. The van der Waals surface area contributed by atoms with Crippen LogP contribution in [0.5, 0.6) is 0 Å². The van der Waals surface area contributed by atoms with Gasteiger partial charge < -0.3 is 10.2 Å². The molecule has 3 aromatic heterocycles. The first-order valence-electron chi connectivity index (χ1n) is 9.26. The molecule has 1 aliphatic carbocycles. The molecule has 2 fully saturated rings. The normalized spacial score (nSPS) is 24.1. The number of hydrogen-bond acceptors (Lipinski definition) is 5. The lowest BCUT2D eigenvalue weighted by Gasteiger charge is -2.28. The van der Waals surface area contributed by atoms with E-state index in [1.807, 2.05) is 22.4 Å². The Balaban J connectivity index is 1.31. The predicted molar refractivity (Wildman–Crippen MR) is 108 cm³/mol. The standard InChI is InChI=1S/C18H19BrN6O2S/c1-9-15(28-18-20-4-5-24(9)18)17(27)25-8-10-6-11(25)2-3-12(10)21-16(26)13-7-14(19)23-22-13/h4-5,7,10-12H,2-3,6,8H2,1H3,(H,21,26)(H,22,23). The van der Waals surface area contributed by atoms with Crippen molar-refractivity contribution in [3.63, 3.8) is 0 Å². The zero-order chi connectivity index (χ0) is 19.4. The van der Waals surface area contributed by atoms with E-state index in [2.05, 4.69) is 36.4 Å². The summed E-state index contributed by atoms with van der Waals surface area (Å²) in [6, 6.07) is 1.99. The second kappa shape index (κ2) is 6.70. The summed E-state index contributed by atoms with van der Waals surface area (Å²) in [4.78, 5) is 33.6. The Morgan fingerprint density at radius 1 is 1.39 bits per heavy atom. The van der Waals surface area contributed by atoms with Crippen molar-refractivity contribution in [1.82, 2.24) is 29.8 Å². The van der Waals surface area contributed by atoms with Crippen LogP contribution in [-0.4, -0.2) is 54.9 Å². The van der Waals surface area contributed by atoms with Crippen LogP contribution in [0.4, 0.5) is 0 Å². The molecule has 2 N–H and O–H groups in total. The van der Waals surface area contributed by atoms with Gasteiger partial charge in [0.05, 0.1) is 0 Å². The van der Waals surface area contributed by atoms with Crippen LogP contribution in [-0.2, 0) is 0 Å². The Bertz CT molecular complexity index is 1070. The van der Waals surface area contributed by atoms with E-state index in [9.17, 15) is 9.59 Å². The van der Waals surface area contributed by atoms with Crippen LogP contribution in [0.25, 0.3) is 4.96 Å². The van der Waals surface area contributed by atoms with E-state index >= 15 is 0 Å². The molecule has 0 aromatic carbocycles. The third kappa shape index (κ3) is 2.86. The molecule has 3 unspecified atom stereocenters. The Hall–Kier alpha value is -2.20. The van der Waals surface area contributed by atoms with Crippen molar-refractivity contribution in [3.8, 4) is 0 Å². The second-order valence-electron chi connectivity index (χ2n) is 7.46. The van der Waals surface area contributed by atoms with Crippen LogP contribution >= 0.6 is 27.3 Å². The van der Waals surface area contributed by atoms with Crippen LogP contribution in [0.2, 0.25) is 0 Å². The fourth-order valence-corrected chi connectivity index (χ4v) is 5.79. The van der Waals surface area contributed by atoms with Crippen molar-refractivity contribution in [1.29, 1.82) is 0 Å². The molecule has 1 aliphatic heterocycles.